The number of hydrogen-bond acceptors (Lipinski definition) is 3. The topological polar surface area (TPSA) is 70.5 Å². The normalized spacial score (nSPS) is 15.6. The number of halogens is 1. The van der Waals surface area contributed by atoms with Crippen molar-refractivity contribution in [1.29, 1.82) is 0 Å². The first-order valence-electron chi connectivity index (χ1n) is 8.23. The van der Waals surface area contributed by atoms with Gasteiger partial charge in [-0.25, -0.2) is 4.52 Å². The number of hydrogen-bond donors (Lipinski definition) is 1. The van der Waals surface area contributed by atoms with Crippen LogP contribution in [0.15, 0.2) is 45.7 Å². The summed E-state index contributed by atoms with van der Waals surface area (Å²) in [7, 11) is 0. The molecule has 2 aromatic heterocycles. The Hall–Kier alpha value is -2.41. The number of carbonyl (C=O) groups excluding carboxylic acids is 1. The number of amides is 1. The quantitative estimate of drug-likeness (QED) is 0.687. The van der Waals surface area contributed by atoms with E-state index < -0.39 is 0 Å². The van der Waals surface area contributed by atoms with Crippen LogP contribution in [0.5, 0.6) is 0 Å². The molecule has 3 heterocycles. The number of aromatic nitrogens is 3. The molecule has 128 valence electrons. The van der Waals surface area contributed by atoms with Crippen molar-refractivity contribution >= 4 is 28.0 Å². The standard InChI is InChI=1S/C18H17BrN4O2/c19-16-17(13-4-2-1-3-5-13)21-23-14(10-15(25)20-18(16)23)12-6-8-22(11-24)9-7-12/h1-5,10-12H,6-9H2,(H,20,25). The van der Waals surface area contributed by atoms with Gasteiger partial charge in [0.15, 0.2) is 5.65 Å². The molecule has 1 fully saturated rings. The van der Waals surface area contributed by atoms with Crippen LogP contribution in [-0.2, 0) is 4.79 Å². The molecule has 0 radical (unpaired) electrons. The number of nitrogens with one attached hydrogen (secondary N) is 1. The van der Waals surface area contributed by atoms with Gasteiger partial charge >= 0.3 is 0 Å². The second kappa shape index (κ2) is 6.48. The minimum Gasteiger partial charge on any atom is -0.345 e. The van der Waals surface area contributed by atoms with Gasteiger partial charge in [0.05, 0.1) is 10.2 Å². The molecule has 0 spiro atoms. The average Bonchev–Trinajstić information content (AvgIpc) is 2.99. The Morgan fingerprint density at radius 2 is 1.92 bits per heavy atom. The maximum absolute atomic E-state index is 12.2. The maximum atomic E-state index is 12.2. The largest absolute Gasteiger partial charge is 0.345 e. The van der Waals surface area contributed by atoms with E-state index >= 15 is 0 Å². The van der Waals surface area contributed by atoms with E-state index in [2.05, 4.69) is 20.9 Å². The van der Waals surface area contributed by atoms with Gasteiger partial charge in [-0.05, 0) is 28.8 Å². The SMILES string of the molecule is O=CN1CCC(c2cc(=O)[nH]c3c(Br)c(-c4ccccc4)nn23)CC1. The summed E-state index contributed by atoms with van der Waals surface area (Å²) in [6.07, 6.45) is 2.55. The van der Waals surface area contributed by atoms with Crippen LogP contribution in [0.25, 0.3) is 16.9 Å². The number of piperidine rings is 1. The van der Waals surface area contributed by atoms with E-state index in [4.69, 9.17) is 5.10 Å². The number of benzene rings is 1. The average molecular weight is 401 g/mol. The van der Waals surface area contributed by atoms with Gasteiger partial charge in [-0.1, -0.05) is 30.3 Å². The highest BCUT2D eigenvalue weighted by molar-refractivity contribution is 9.10. The predicted octanol–water partition coefficient (Wildman–Crippen LogP) is 2.79. The molecule has 7 heteroatoms. The third-order valence-electron chi connectivity index (χ3n) is 4.74. The second-order valence-corrected chi connectivity index (χ2v) is 7.06. The first-order chi connectivity index (χ1) is 12.2. The summed E-state index contributed by atoms with van der Waals surface area (Å²) in [6, 6.07) is 11.5. The Balaban J connectivity index is 1.83. The van der Waals surface area contributed by atoms with Crippen LogP contribution in [0.1, 0.15) is 24.5 Å². The Morgan fingerprint density at radius 1 is 1.20 bits per heavy atom. The van der Waals surface area contributed by atoms with Gasteiger partial charge in [0, 0.05) is 30.6 Å². The van der Waals surface area contributed by atoms with E-state index in [0.717, 1.165) is 40.7 Å². The highest BCUT2D eigenvalue weighted by Gasteiger charge is 2.24. The zero-order valence-corrected chi connectivity index (χ0v) is 15.1. The van der Waals surface area contributed by atoms with E-state index in [1.807, 2.05) is 34.8 Å². The predicted molar refractivity (Wildman–Crippen MR) is 98.6 cm³/mol. The van der Waals surface area contributed by atoms with Crippen molar-refractivity contribution in [2.24, 2.45) is 0 Å². The molecule has 1 aliphatic heterocycles. The Bertz CT molecular complexity index is 972. The molecule has 25 heavy (non-hydrogen) atoms. The van der Waals surface area contributed by atoms with E-state index in [9.17, 15) is 9.59 Å². The maximum Gasteiger partial charge on any atom is 0.251 e. The van der Waals surface area contributed by atoms with Gasteiger partial charge < -0.3 is 9.88 Å². The molecule has 4 rings (SSSR count). The molecular weight excluding hydrogens is 384 g/mol. The van der Waals surface area contributed by atoms with Crippen molar-refractivity contribution in [3.05, 3.63) is 56.9 Å². The molecule has 1 saturated heterocycles. The third kappa shape index (κ3) is 2.89. The lowest BCUT2D eigenvalue weighted by Crippen LogP contribution is -2.32. The molecule has 0 bridgehead atoms. The molecular formula is C18H17BrN4O2. The van der Waals surface area contributed by atoms with Gasteiger partial charge in [-0.15, -0.1) is 0 Å². The number of rotatable bonds is 3. The lowest BCUT2D eigenvalue weighted by molar-refractivity contribution is -0.119. The number of aromatic amines is 1. The lowest BCUT2D eigenvalue weighted by Gasteiger charge is -2.29. The number of nitrogens with zero attached hydrogens (tertiary/aromatic N) is 3. The van der Waals surface area contributed by atoms with Gasteiger partial charge in [0.2, 0.25) is 6.41 Å². The summed E-state index contributed by atoms with van der Waals surface area (Å²) in [5, 5.41) is 4.75. The third-order valence-corrected chi connectivity index (χ3v) is 5.49. The molecule has 1 aromatic carbocycles. The summed E-state index contributed by atoms with van der Waals surface area (Å²) in [6.45, 7) is 1.41. The molecule has 1 aliphatic rings. The zero-order chi connectivity index (χ0) is 17.4. The highest BCUT2D eigenvalue weighted by Crippen LogP contribution is 2.33. The van der Waals surface area contributed by atoms with E-state index in [0.29, 0.717) is 18.7 Å². The molecule has 3 aromatic rings. The molecule has 6 nitrogen and oxygen atoms in total. The Kier molecular flexibility index (Phi) is 4.17. The first-order valence-corrected chi connectivity index (χ1v) is 9.03. The monoisotopic (exact) mass is 400 g/mol. The fraction of sp³-hybridized carbons (Fsp3) is 0.278. The number of likely N-dealkylation sites (tertiary alicyclic amines) is 1. The van der Waals surface area contributed by atoms with Gasteiger partial charge in [0.1, 0.15) is 5.69 Å². The van der Waals surface area contributed by atoms with E-state index in [1.54, 1.807) is 11.0 Å². The van der Waals surface area contributed by atoms with Crippen LogP contribution >= 0.6 is 15.9 Å². The summed E-state index contributed by atoms with van der Waals surface area (Å²) in [5.41, 5.74) is 3.21. The lowest BCUT2D eigenvalue weighted by atomic mass is 9.93. The van der Waals surface area contributed by atoms with E-state index in [1.165, 1.54) is 0 Å². The smallest absolute Gasteiger partial charge is 0.251 e. The highest BCUT2D eigenvalue weighted by atomic mass is 79.9. The Labute approximate surface area is 152 Å². The van der Waals surface area contributed by atoms with Crippen LogP contribution in [0, 0.1) is 0 Å². The molecule has 1 amide bonds. The number of fused-ring (bicyclic) bond motifs is 1. The van der Waals surface area contributed by atoms with Crippen molar-refractivity contribution in [3.63, 3.8) is 0 Å². The first kappa shape index (κ1) is 16.1. The van der Waals surface area contributed by atoms with Gasteiger partial charge in [-0.3, -0.25) is 9.59 Å². The van der Waals surface area contributed by atoms with Crippen molar-refractivity contribution in [3.8, 4) is 11.3 Å². The van der Waals surface area contributed by atoms with E-state index in [-0.39, 0.29) is 11.5 Å². The van der Waals surface area contributed by atoms with Crippen LogP contribution in [0.4, 0.5) is 0 Å². The summed E-state index contributed by atoms with van der Waals surface area (Å²) >= 11 is 3.59. The van der Waals surface area contributed by atoms with Crippen LogP contribution in [0.3, 0.4) is 0 Å². The minimum atomic E-state index is -0.138. The zero-order valence-electron chi connectivity index (χ0n) is 13.5. The van der Waals surface area contributed by atoms with Crippen molar-refractivity contribution in [2.75, 3.05) is 13.1 Å². The van der Waals surface area contributed by atoms with Crippen LogP contribution < -0.4 is 5.56 Å². The molecule has 0 aliphatic carbocycles. The fourth-order valence-corrected chi connectivity index (χ4v) is 3.99. The summed E-state index contributed by atoms with van der Waals surface area (Å²) in [4.78, 5) is 27.8. The molecule has 1 N–H and O–H groups in total. The van der Waals surface area contributed by atoms with Crippen molar-refractivity contribution < 1.29 is 4.79 Å². The second-order valence-electron chi connectivity index (χ2n) is 6.26. The molecule has 0 atom stereocenters. The number of H-pyrrole nitrogens is 1. The minimum absolute atomic E-state index is 0.138. The summed E-state index contributed by atoms with van der Waals surface area (Å²) in [5.74, 6) is 0.205. The van der Waals surface area contributed by atoms with Gasteiger partial charge in [0.25, 0.3) is 5.56 Å². The fourth-order valence-electron chi connectivity index (χ4n) is 3.41. The molecule has 0 saturated carbocycles. The van der Waals surface area contributed by atoms with Crippen LogP contribution in [0.2, 0.25) is 0 Å². The Morgan fingerprint density at radius 3 is 2.60 bits per heavy atom. The summed E-state index contributed by atoms with van der Waals surface area (Å²) < 4.78 is 2.61. The van der Waals surface area contributed by atoms with Gasteiger partial charge in [-0.2, -0.15) is 5.10 Å². The van der Waals surface area contributed by atoms with Crippen molar-refractivity contribution in [2.45, 2.75) is 18.8 Å². The van der Waals surface area contributed by atoms with Crippen LogP contribution in [-0.4, -0.2) is 39.0 Å². The molecule has 0 unspecified atom stereocenters. The number of carbonyl (C=O) groups is 1. The van der Waals surface area contributed by atoms with Crippen molar-refractivity contribution in [1.82, 2.24) is 19.5 Å².